The third-order valence-corrected chi connectivity index (χ3v) is 6.88. The lowest BCUT2D eigenvalue weighted by atomic mass is 9.86. The summed E-state index contributed by atoms with van der Waals surface area (Å²) >= 11 is 0. The molecule has 0 radical (unpaired) electrons. The smallest absolute Gasteiger partial charge is 0.225 e. The first-order chi connectivity index (χ1) is 17.0. The number of para-hydroxylation sites is 1. The van der Waals surface area contributed by atoms with Gasteiger partial charge >= 0.3 is 0 Å². The van der Waals surface area contributed by atoms with E-state index >= 15 is 0 Å². The molecular weight excluding hydrogens is 446 g/mol. The van der Waals surface area contributed by atoms with Gasteiger partial charge in [-0.05, 0) is 68.0 Å². The second-order valence-electron chi connectivity index (χ2n) is 9.77. The molecule has 0 spiro atoms. The van der Waals surface area contributed by atoms with Crippen molar-refractivity contribution in [2.45, 2.75) is 52.1 Å². The minimum Gasteiger partial charge on any atom is -0.374 e. The third kappa shape index (κ3) is 7.08. The Labute approximate surface area is 216 Å². The molecule has 2 aromatic carbocycles. The van der Waals surface area contributed by atoms with Crippen molar-refractivity contribution in [2.75, 3.05) is 49.3 Å². The van der Waals surface area contributed by atoms with Crippen molar-refractivity contribution in [1.82, 2.24) is 15.3 Å². The zero-order valence-electron chi connectivity index (χ0n) is 21.2. The molecule has 0 saturated heterocycles. The highest BCUT2D eigenvalue weighted by molar-refractivity contribution is 5.90. The summed E-state index contributed by atoms with van der Waals surface area (Å²) in [5.41, 5.74) is 3.43. The van der Waals surface area contributed by atoms with E-state index in [-0.39, 0.29) is 7.43 Å². The van der Waals surface area contributed by atoms with E-state index < -0.39 is 0 Å². The van der Waals surface area contributed by atoms with Crippen LogP contribution in [0, 0.1) is 17.2 Å². The number of anilines is 3. The van der Waals surface area contributed by atoms with Crippen LogP contribution in [-0.2, 0) is 6.54 Å². The number of hydrogen-bond acceptors (Lipinski definition) is 7. The van der Waals surface area contributed by atoms with E-state index in [9.17, 15) is 0 Å². The van der Waals surface area contributed by atoms with E-state index in [1.165, 1.54) is 18.4 Å². The minimum absolute atomic E-state index is 0. The van der Waals surface area contributed by atoms with Crippen LogP contribution in [0.3, 0.4) is 0 Å². The van der Waals surface area contributed by atoms with Crippen LogP contribution in [0.1, 0.15) is 45.1 Å². The number of aromatic nitrogens is 2. The van der Waals surface area contributed by atoms with Crippen LogP contribution in [0.15, 0.2) is 48.5 Å². The molecular formula is C29H41N7. The Bertz CT molecular complexity index is 1130. The Morgan fingerprint density at radius 3 is 2.39 bits per heavy atom. The van der Waals surface area contributed by atoms with Gasteiger partial charge in [0, 0.05) is 51.3 Å². The average Bonchev–Trinajstić information content (AvgIpc) is 2.88. The number of fused-ring (bicyclic) bond motifs is 1. The molecule has 1 saturated carbocycles. The summed E-state index contributed by atoms with van der Waals surface area (Å²) in [6, 6.07) is 19.5. The molecule has 7 nitrogen and oxygen atoms in total. The van der Waals surface area contributed by atoms with Crippen LogP contribution in [0.25, 0.3) is 10.9 Å². The van der Waals surface area contributed by atoms with Gasteiger partial charge in [0.15, 0.2) is 0 Å². The van der Waals surface area contributed by atoms with Gasteiger partial charge in [0.25, 0.3) is 0 Å². The predicted molar refractivity (Wildman–Crippen MR) is 152 cm³/mol. The van der Waals surface area contributed by atoms with E-state index in [0.29, 0.717) is 18.4 Å². The van der Waals surface area contributed by atoms with Crippen molar-refractivity contribution in [3.8, 4) is 6.07 Å². The monoisotopic (exact) mass is 487 g/mol. The van der Waals surface area contributed by atoms with E-state index in [2.05, 4.69) is 62.9 Å². The highest BCUT2D eigenvalue weighted by atomic mass is 15.2. The van der Waals surface area contributed by atoms with Gasteiger partial charge in [0.2, 0.25) is 5.95 Å². The molecule has 3 aromatic rings. The fraction of sp³-hybridized carbons (Fsp3) is 0.483. The van der Waals surface area contributed by atoms with Crippen LogP contribution in [-0.4, -0.2) is 50.2 Å². The number of benzene rings is 2. The third-order valence-electron chi connectivity index (χ3n) is 6.88. The molecule has 0 atom stereocenters. The first-order valence-corrected chi connectivity index (χ1v) is 12.6. The summed E-state index contributed by atoms with van der Waals surface area (Å²) in [4.78, 5) is 13.7. The molecule has 0 unspecified atom stereocenters. The van der Waals surface area contributed by atoms with Gasteiger partial charge in [-0.3, -0.25) is 0 Å². The van der Waals surface area contributed by atoms with E-state index in [4.69, 9.17) is 15.2 Å². The molecule has 0 bridgehead atoms. The summed E-state index contributed by atoms with van der Waals surface area (Å²) in [6.07, 6.45) is 5.25. The van der Waals surface area contributed by atoms with Crippen molar-refractivity contribution in [2.24, 2.45) is 5.92 Å². The van der Waals surface area contributed by atoms with Crippen LogP contribution < -0.4 is 20.4 Å². The summed E-state index contributed by atoms with van der Waals surface area (Å²) in [5.74, 6) is 2.40. The molecule has 0 amide bonds. The van der Waals surface area contributed by atoms with Gasteiger partial charge in [0.1, 0.15) is 5.82 Å². The zero-order chi connectivity index (χ0) is 24.6. The molecule has 4 rings (SSSR count). The van der Waals surface area contributed by atoms with E-state index in [1.54, 1.807) is 0 Å². The lowest BCUT2D eigenvalue weighted by Crippen LogP contribution is -2.31. The summed E-state index contributed by atoms with van der Waals surface area (Å²) in [6.45, 7) is 2.70. The Morgan fingerprint density at radius 1 is 0.972 bits per heavy atom. The van der Waals surface area contributed by atoms with Crippen LogP contribution in [0.5, 0.6) is 0 Å². The van der Waals surface area contributed by atoms with Crippen LogP contribution >= 0.6 is 0 Å². The normalized spacial score (nSPS) is 17.2. The zero-order valence-corrected chi connectivity index (χ0v) is 21.2. The lowest BCUT2D eigenvalue weighted by Gasteiger charge is -2.29. The lowest BCUT2D eigenvalue weighted by molar-refractivity contribution is 0.324. The summed E-state index contributed by atoms with van der Waals surface area (Å²) < 4.78 is 0. The van der Waals surface area contributed by atoms with Crippen molar-refractivity contribution >= 4 is 28.4 Å². The van der Waals surface area contributed by atoms with Gasteiger partial charge in [-0.25, -0.2) is 4.98 Å². The van der Waals surface area contributed by atoms with Gasteiger partial charge in [-0.2, -0.15) is 10.2 Å². The number of rotatable bonds is 10. The Hall–Kier alpha value is -3.37. The second kappa shape index (κ2) is 13.1. The molecule has 0 aliphatic heterocycles. The van der Waals surface area contributed by atoms with E-state index in [1.807, 2.05) is 33.3 Å². The van der Waals surface area contributed by atoms with Crippen molar-refractivity contribution in [3.05, 3.63) is 54.1 Å². The quantitative estimate of drug-likeness (QED) is 0.394. The molecule has 7 heteroatoms. The fourth-order valence-corrected chi connectivity index (χ4v) is 4.79. The SMILES string of the molecule is C.CN(C)c1nc(NC2CCC(CNCc3ccc(N(C)CCC#N)cc3)CC2)nc2ccccc12. The topological polar surface area (TPSA) is 80.1 Å². The highest BCUT2D eigenvalue weighted by Gasteiger charge is 2.22. The Balaban J connectivity index is 0.00000361. The van der Waals surface area contributed by atoms with Gasteiger partial charge in [-0.15, -0.1) is 0 Å². The average molecular weight is 488 g/mol. The van der Waals surface area contributed by atoms with Crippen LogP contribution in [0.2, 0.25) is 0 Å². The molecule has 1 fully saturated rings. The molecule has 2 N–H and O–H groups in total. The number of hydrogen-bond donors (Lipinski definition) is 2. The van der Waals surface area contributed by atoms with Crippen molar-refractivity contribution in [3.63, 3.8) is 0 Å². The Morgan fingerprint density at radius 2 is 1.69 bits per heavy atom. The molecule has 1 aromatic heterocycles. The number of nitriles is 1. The molecule has 1 heterocycles. The minimum atomic E-state index is 0. The first kappa shape index (κ1) is 27.2. The highest BCUT2D eigenvalue weighted by Crippen LogP contribution is 2.28. The number of nitrogens with zero attached hydrogens (tertiary/aromatic N) is 5. The van der Waals surface area contributed by atoms with Crippen LogP contribution in [0.4, 0.5) is 17.5 Å². The maximum Gasteiger partial charge on any atom is 0.225 e. The van der Waals surface area contributed by atoms with Crippen molar-refractivity contribution in [1.29, 1.82) is 5.26 Å². The fourth-order valence-electron chi connectivity index (χ4n) is 4.79. The number of nitrogens with one attached hydrogen (secondary N) is 2. The van der Waals surface area contributed by atoms with Crippen molar-refractivity contribution < 1.29 is 0 Å². The maximum absolute atomic E-state index is 8.76. The first-order valence-electron chi connectivity index (χ1n) is 12.6. The van der Waals surface area contributed by atoms with Gasteiger partial charge in [-0.1, -0.05) is 31.7 Å². The Kier molecular flexibility index (Phi) is 9.89. The second-order valence-corrected chi connectivity index (χ2v) is 9.77. The largest absolute Gasteiger partial charge is 0.374 e. The van der Waals surface area contributed by atoms with Gasteiger partial charge in [0.05, 0.1) is 18.0 Å². The standard InChI is InChI=1S/C28H37N7.CH4/c1-34(2)27-25-7-4-5-8-26(25)32-28(33-27)31-23-13-9-21(10-14-23)19-30-20-22-11-15-24(16-12-22)35(3)18-6-17-29;/h4-5,7-8,11-12,15-16,21,23,30H,6,9-10,13-14,18-20H2,1-3H3,(H,31,32,33);1H4. The van der Waals surface area contributed by atoms with E-state index in [0.717, 1.165) is 60.8 Å². The van der Waals surface area contributed by atoms with Gasteiger partial charge < -0.3 is 20.4 Å². The molecule has 36 heavy (non-hydrogen) atoms. The summed E-state index contributed by atoms with van der Waals surface area (Å²) in [5, 5.41) is 17.1. The predicted octanol–water partition coefficient (Wildman–Crippen LogP) is 5.44. The molecule has 192 valence electrons. The molecule has 1 aliphatic carbocycles. The molecule has 1 aliphatic rings. The summed E-state index contributed by atoms with van der Waals surface area (Å²) in [7, 11) is 6.09. The maximum atomic E-state index is 8.76.